The Morgan fingerprint density at radius 2 is 1.52 bits per heavy atom. The second kappa shape index (κ2) is 5.33. The van der Waals surface area contributed by atoms with E-state index in [2.05, 4.69) is 53.7 Å². The zero-order chi connectivity index (χ0) is 16.0. The molecule has 0 aliphatic carbocycles. The van der Waals surface area contributed by atoms with Gasteiger partial charge in [-0.3, -0.25) is 0 Å². The first-order valence-corrected chi connectivity index (χ1v) is 7.67. The molecule has 1 aromatic rings. The molecule has 4 heteroatoms. The normalized spacial score (nSPS) is 20.1. The molecule has 21 heavy (non-hydrogen) atoms. The van der Waals surface area contributed by atoms with E-state index in [-0.39, 0.29) is 24.4 Å². The van der Waals surface area contributed by atoms with E-state index in [1.807, 2.05) is 13.8 Å². The summed E-state index contributed by atoms with van der Waals surface area (Å²) < 4.78 is 18.4. The summed E-state index contributed by atoms with van der Waals surface area (Å²) in [5.41, 5.74) is 2.61. The molecular weight excluding hydrogens is 263 g/mol. The Labute approximate surface area is 129 Å². The number of hydrogen-bond donors (Lipinski definition) is 0. The molecule has 2 rings (SSSR count). The summed E-state index contributed by atoms with van der Waals surface area (Å²) in [6.45, 7) is 16.5. The van der Waals surface area contributed by atoms with Gasteiger partial charge in [0.15, 0.2) is 0 Å². The molecule has 1 heterocycles. The van der Waals surface area contributed by atoms with Gasteiger partial charge >= 0.3 is 7.12 Å². The van der Waals surface area contributed by atoms with Crippen molar-refractivity contribution in [2.75, 3.05) is 0 Å². The molecule has 0 amide bonds. The lowest BCUT2D eigenvalue weighted by Crippen LogP contribution is -2.41. The molecule has 0 saturated carbocycles. The van der Waals surface area contributed by atoms with Crippen LogP contribution in [-0.4, -0.2) is 24.4 Å². The highest BCUT2D eigenvalue weighted by atomic mass is 16.7. The van der Waals surface area contributed by atoms with Crippen LogP contribution in [0.4, 0.5) is 0 Å². The van der Waals surface area contributed by atoms with E-state index in [0.717, 1.165) is 16.8 Å². The third-order valence-corrected chi connectivity index (χ3v) is 4.31. The minimum Gasteiger partial charge on any atom is -0.491 e. The van der Waals surface area contributed by atoms with E-state index < -0.39 is 0 Å². The average molecular weight is 290 g/mol. The van der Waals surface area contributed by atoms with Crippen LogP contribution in [0, 0.1) is 13.8 Å². The Morgan fingerprint density at radius 3 is 2.00 bits per heavy atom. The molecule has 0 radical (unpaired) electrons. The smallest absolute Gasteiger partial charge is 0.491 e. The third kappa shape index (κ3) is 3.11. The van der Waals surface area contributed by atoms with Crippen molar-refractivity contribution in [1.82, 2.24) is 0 Å². The van der Waals surface area contributed by atoms with Crippen LogP contribution in [0.15, 0.2) is 12.1 Å². The standard InChI is InChI=1S/C17H27BO3/c1-11(2)19-15-13(4)9-12(3)10-14(15)18-20-16(5,6)17(7,8)21-18/h9-11H,1-8H3. The van der Waals surface area contributed by atoms with Gasteiger partial charge in [0, 0.05) is 5.46 Å². The Balaban J connectivity index is 2.45. The fourth-order valence-electron chi connectivity index (χ4n) is 2.53. The fourth-order valence-corrected chi connectivity index (χ4v) is 2.53. The van der Waals surface area contributed by atoms with Gasteiger partial charge in [-0.2, -0.15) is 0 Å². The van der Waals surface area contributed by atoms with Gasteiger partial charge in [-0.25, -0.2) is 0 Å². The van der Waals surface area contributed by atoms with Crippen LogP contribution in [0.25, 0.3) is 0 Å². The van der Waals surface area contributed by atoms with Gasteiger partial charge in [0.1, 0.15) is 5.75 Å². The Bertz CT molecular complexity index is 519. The van der Waals surface area contributed by atoms with Crippen LogP contribution in [0.2, 0.25) is 0 Å². The lowest BCUT2D eigenvalue weighted by Gasteiger charge is -2.32. The van der Waals surface area contributed by atoms with E-state index >= 15 is 0 Å². The van der Waals surface area contributed by atoms with E-state index in [4.69, 9.17) is 14.0 Å². The van der Waals surface area contributed by atoms with Crippen molar-refractivity contribution >= 4 is 12.6 Å². The maximum absolute atomic E-state index is 6.18. The zero-order valence-corrected chi connectivity index (χ0v) is 14.5. The minimum absolute atomic E-state index is 0.118. The number of rotatable bonds is 3. The zero-order valence-electron chi connectivity index (χ0n) is 14.5. The maximum atomic E-state index is 6.18. The summed E-state index contributed by atoms with van der Waals surface area (Å²) in [6.07, 6.45) is 0.118. The van der Waals surface area contributed by atoms with Gasteiger partial charge in [-0.15, -0.1) is 0 Å². The van der Waals surface area contributed by atoms with E-state index in [1.54, 1.807) is 0 Å². The molecule has 0 unspecified atom stereocenters. The van der Waals surface area contributed by atoms with Crippen molar-refractivity contribution < 1.29 is 14.0 Å². The van der Waals surface area contributed by atoms with Crippen LogP contribution < -0.4 is 10.2 Å². The summed E-state index contributed by atoms with van der Waals surface area (Å²) in [6, 6.07) is 4.24. The van der Waals surface area contributed by atoms with Crippen molar-refractivity contribution in [3.8, 4) is 5.75 Å². The highest BCUT2D eigenvalue weighted by molar-refractivity contribution is 6.63. The Morgan fingerprint density at radius 1 is 1.00 bits per heavy atom. The van der Waals surface area contributed by atoms with Crippen LogP contribution in [0.5, 0.6) is 5.75 Å². The molecule has 0 spiro atoms. The molecule has 0 atom stereocenters. The number of hydrogen-bond acceptors (Lipinski definition) is 3. The molecule has 3 nitrogen and oxygen atoms in total. The molecule has 116 valence electrons. The molecule has 1 aliphatic rings. The van der Waals surface area contributed by atoms with Crippen molar-refractivity contribution in [3.05, 3.63) is 23.3 Å². The van der Waals surface area contributed by atoms with Gasteiger partial charge < -0.3 is 14.0 Å². The van der Waals surface area contributed by atoms with E-state index in [0.29, 0.717) is 0 Å². The summed E-state index contributed by atoms with van der Waals surface area (Å²) in [7, 11) is -0.387. The molecule has 0 bridgehead atoms. The molecule has 1 aliphatic heterocycles. The largest absolute Gasteiger partial charge is 0.498 e. The molecule has 0 N–H and O–H groups in total. The summed E-state index contributed by atoms with van der Waals surface area (Å²) in [4.78, 5) is 0. The van der Waals surface area contributed by atoms with Crippen molar-refractivity contribution in [2.24, 2.45) is 0 Å². The minimum atomic E-state index is -0.387. The number of ether oxygens (including phenoxy) is 1. The molecular formula is C17H27BO3. The van der Waals surface area contributed by atoms with E-state index in [1.165, 1.54) is 5.56 Å². The van der Waals surface area contributed by atoms with Gasteiger partial charge in [-0.05, 0) is 61.0 Å². The van der Waals surface area contributed by atoms with Crippen LogP contribution in [-0.2, 0) is 9.31 Å². The second-order valence-electron chi connectivity index (χ2n) is 7.26. The molecule has 1 saturated heterocycles. The molecule has 1 fully saturated rings. The van der Waals surface area contributed by atoms with E-state index in [9.17, 15) is 0 Å². The lowest BCUT2D eigenvalue weighted by atomic mass is 9.76. The second-order valence-corrected chi connectivity index (χ2v) is 7.26. The number of aryl methyl sites for hydroxylation is 2. The monoisotopic (exact) mass is 290 g/mol. The van der Waals surface area contributed by atoms with Crippen LogP contribution in [0.1, 0.15) is 52.7 Å². The molecule has 0 aromatic heterocycles. The Hall–Kier alpha value is -0.995. The maximum Gasteiger partial charge on any atom is 0.498 e. The Kier molecular flexibility index (Phi) is 4.16. The van der Waals surface area contributed by atoms with Crippen LogP contribution >= 0.6 is 0 Å². The quantitative estimate of drug-likeness (QED) is 0.799. The highest BCUT2D eigenvalue weighted by Gasteiger charge is 2.52. The first-order valence-electron chi connectivity index (χ1n) is 7.67. The first kappa shape index (κ1) is 16.4. The van der Waals surface area contributed by atoms with Crippen LogP contribution in [0.3, 0.4) is 0 Å². The summed E-state index contributed by atoms with van der Waals surface area (Å²) in [5.74, 6) is 0.883. The van der Waals surface area contributed by atoms with Gasteiger partial charge in [0.2, 0.25) is 0 Å². The van der Waals surface area contributed by atoms with Gasteiger partial charge in [0.25, 0.3) is 0 Å². The summed E-state index contributed by atoms with van der Waals surface area (Å²) >= 11 is 0. The number of benzene rings is 1. The molecule has 1 aromatic carbocycles. The van der Waals surface area contributed by atoms with Crippen molar-refractivity contribution in [3.63, 3.8) is 0 Å². The summed E-state index contributed by atoms with van der Waals surface area (Å²) in [5, 5.41) is 0. The predicted octanol–water partition coefficient (Wildman–Crippen LogP) is 3.39. The highest BCUT2D eigenvalue weighted by Crippen LogP contribution is 2.37. The van der Waals surface area contributed by atoms with Gasteiger partial charge in [0.05, 0.1) is 17.3 Å². The third-order valence-electron chi connectivity index (χ3n) is 4.31. The SMILES string of the molecule is Cc1cc(C)c(OC(C)C)c(B2OC(C)(C)C(C)(C)O2)c1. The van der Waals surface area contributed by atoms with Crippen molar-refractivity contribution in [2.45, 2.75) is 72.7 Å². The van der Waals surface area contributed by atoms with Crippen molar-refractivity contribution in [1.29, 1.82) is 0 Å². The average Bonchev–Trinajstić information content (AvgIpc) is 2.51. The topological polar surface area (TPSA) is 27.7 Å². The fraction of sp³-hybridized carbons (Fsp3) is 0.647. The van der Waals surface area contributed by atoms with Gasteiger partial charge in [-0.1, -0.05) is 17.7 Å². The first-order chi connectivity index (χ1) is 9.53. The lowest BCUT2D eigenvalue weighted by molar-refractivity contribution is 0.00578. The predicted molar refractivity (Wildman–Crippen MR) is 87.4 cm³/mol.